The molecule has 1 aromatic rings. The van der Waals surface area contributed by atoms with Crippen LogP contribution in [0.15, 0.2) is 18.7 Å². The monoisotopic (exact) mass is 174 g/mol. The number of rotatable bonds is 3. The van der Waals surface area contributed by atoms with Crippen molar-refractivity contribution in [1.82, 2.24) is 9.55 Å². The first-order valence-corrected chi connectivity index (χ1v) is 4.74. The minimum atomic E-state index is 0.384. The molecule has 1 aliphatic carbocycles. The van der Waals surface area contributed by atoms with E-state index in [1.807, 2.05) is 18.7 Å². The summed E-state index contributed by atoms with van der Waals surface area (Å²) in [6.45, 7) is 1.04. The molecule has 0 atom stereocenters. The molecular weight excluding hydrogens is 160 g/mol. The van der Waals surface area contributed by atoms with Gasteiger partial charge in [-0.25, -0.2) is 4.98 Å². The second-order valence-corrected chi connectivity index (χ2v) is 3.97. The molecule has 0 unspecified atom stereocenters. The van der Waals surface area contributed by atoms with Crippen LogP contribution in [-0.4, -0.2) is 9.55 Å². The summed E-state index contributed by atoms with van der Waals surface area (Å²) in [6.07, 6.45) is 15.9. The summed E-state index contributed by atoms with van der Waals surface area (Å²) in [5.41, 5.74) is 0.384. The number of hydrogen-bond donors (Lipinski definition) is 0. The molecule has 0 spiro atoms. The van der Waals surface area contributed by atoms with Crippen LogP contribution in [0.3, 0.4) is 0 Å². The third-order valence-corrected chi connectivity index (χ3v) is 2.97. The van der Waals surface area contributed by atoms with Gasteiger partial charge in [0.2, 0.25) is 0 Å². The Hall–Kier alpha value is -1.23. The summed E-state index contributed by atoms with van der Waals surface area (Å²) in [5, 5.41) is 0. The molecule has 2 rings (SSSR count). The molecule has 1 saturated carbocycles. The Balaban J connectivity index is 2.03. The average Bonchev–Trinajstić information content (AvgIpc) is 2.53. The summed E-state index contributed by atoms with van der Waals surface area (Å²) in [4.78, 5) is 4.04. The predicted octanol–water partition coefficient (Wildman–Crippen LogP) is 2.08. The molecule has 1 aromatic heterocycles. The first-order chi connectivity index (χ1) is 6.35. The smallest absolute Gasteiger partial charge is 0.0946 e. The second kappa shape index (κ2) is 3.26. The highest BCUT2D eigenvalue weighted by atomic mass is 15.0. The fourth-order valence-corrected chi connectivity index (χ4v) is 2.05. The van der Waals surface area contributed by atoms with Crippen LogP contribution < -0.4 is 0 Å². The van der Waals surface area contributed by atoms with E-state index in [-0.39, 0.29) is 0 Å². The molecule has 2 heteroatoms. The Morgan fingerprint density at radius 3 is 2.85 bits per heavy atom. The fourth-order valence-electron chi connectivity index (χ4n) is 2.05. The van der Waals surface area contributed by atoms with Gasteiger partial charge in [-0.3, -0.25) is 0 Å². The zero-order valence-corrected chi connectivity index (χ0v) is 7.74. The van der Waals surface area contributed by atoms with Crippen molar-refractivity contribution in [2.24, 2.45) is 5.41 Å². The van der Waals surface area contributed by atoms with Gasteiger partial charge < -0.3 is 4.57 Å². The molecule has 13 heavy (non-hydrogen) atoms. The lowest BCUT2D eigenvalue weighted by molar-refractivity contribution is 0.113. The lowest BCUT2D eigenvalue weighted by atomic mass is 9.67. The van der Waals surface area contributed by atoms with Gasteiger partial charge in [0.15, 0.2) is 0 Å². The molecule has 68 valence electrons. The summed E-state index contributed by atoms with van der Waals surface area (Å²) in [5.74, 6) is 2.79. The molecule has 0 radical (unpaired) electrons. The van der Waals surface area contributed by atoms with Gasteiger partial charge in [-0.1, -0.05) is 6.42 Å². The number of terminal acetylenes is 1. The molecule has 0 aromatic carbocycles. The van der Waals surface area contributed by atoms with Crippen molar-refractivity contribution in [3.8, 4) is 12.3 Å². The zero-order valence-electron chi connectivity index (χ0n) is 7.74. The highest BCUT2D eigenvalue weighted by Gasteiger charge is 2.36. The van der Waals surface area contributed by atoms with Gasteiger partial charge in [0, 0.05) is 25.4 Å². The molecule has 0 aliphatic heterocycles. The van der Waals surface area contributed by atoms with Crippen molar-refractivity contribution >= 4 is 0 Å². The third-order valence-electron chi connectivity index (χ3n) is 2.97. The first kappa shape index (κ1) is 8.37. The van der Waals surface area contributed by atoms with Gasteiger partial charge in [0.05, 0.1) is 6.33 Å². The molecule has 0 bridgehead atoms. The maximum atomic E-state index is 5.38. The summed E-state index contributed by atoms with van der Waals surface area (Å²) in [7, 11) is 0. The molecular formula is C11H14N2. The van der Waals surface area contributed by atoms with Crippen LogP contribution in [0.1, 0.15) is 25.7 Å². The van der Waals surface area contributed by atoms with Crippen LogP contribution in [0.5, 0.6) is 0 Å². The van der Waals surface area contributed by atoms with E-state index < -0.39 is 0 Å². The second-order valence-electron chi connectivity index (χ2n) is 3.97. The van der Waals surface area contributed by atoms with Crippen molar-refractivity contribution in [1.29, 1.82) is 0 Å². The normalized spacial score (nSPS) is 19.0. The van der Waals surface area contributed by atoms with Crippen molar-refractivity contribution in [2.75, 3.05) is 0 Å². The Bertz CT molecular complexity index is 301. The van der Waals surface area contributed by atoms with Gasteiger partial charge in [-0.15, -0.1) is 12.3 Å². The van der Waals surface area contributed by atoms with Gasteiger partial charge in [-0.2, -0.15) is 0 Å². The van der Waals surface area contributed by atoms with Crippen LogP contribution >= 0.6 is 0 Å². The van der Waals surface area contributed by atoms with E-state index in [0.29, 0.717) is 5.41 Å². The van der Waals surface area contributed by atoms with Crippen LogP contribution in [0, 0.1) is 17.8 Å². The molecule has 2 nitrogen and oxygen atoms in total. The van der Waals surface area contributed by atoms with Gasteiger partial charge >= 0.3 is 0 Å². The number of nitrogens with zero attached hydrogens (tertiary/aromatic N) is 2. The maximum absolute atomic E-state index is 5.38. The lowest BCUT2D eigenvalue weighted by Crippen LogP contribution is -2.33. The van der Waals surface area contributed by atoms with E-state index in [1.54, 1.807) is 0 Å². The van der Waals surface area contributed by atoms with E-state index in [4.69, 9.17) is 6.42 Å². The van der Waals surface area contributed by atoms with Crippen LogP contribution in [0.25, 0.3) is 0 Å². The average molecular weight is 174 g/mol. The van der Waals surface area contributed by atoms with Crippen molar-refractivity contribution in [2.45, 2.75) is 32.2 Å². The molecule has 0 amide bonds. The lowest BCUT2D eigenvalue weighted by Gasteiger charge is -2.40. The zero-order chi connectivity index (χ0) is 9.15. The van der Waals surface area contributed by atoms with Crippen LogP contribution in [0.2, 0.25) is 0 Å². The molecule has 1 aliphatic rings. The molecule has 1 fully saturated rings. The summed E-state index contributed by atoms with van der Waals surface area (Å²) in [6, 6.07) is 0. The van der Waals surface area contributed by atoms with Gasteiger partial charge in [0.25, 0.3) is 0 Å². The minimum Gasteiger partial charge on any atom is -0.337 e. The van der Waals surface area contributed by atoms with E-state index in [2.05, 4.69) is 15.5 Å². The van der Waals surface area contributed by atoms with Crippen molar-refractivity contribution < 1.29 is 0 Å². The summed E-state index contributed by atoms with van der Waals surface area (Å²) >= 11 is 0. The number of hydrogen-bond acceptors (Lipinski definition) is 1. The predicted molar refractivity (Wildman–Crippen MR) is 52.0 cm³/mol. The maximum Gasteiger partial charge on any atom is 0.0946 e. The fraction of sp³-hybridized carbons (Fsp3) is 0.545. The van der Waals surface area contributed by atoms with E-state index in [1.165, 1.54) is 19.3 Å². The SMILES string of the molecule is C#CCC1(Cn2ccnc2)CCC1. The Morgan fingerprint density at radius 2 is 2.38 bits per heavy atom. The number of aromatic nitrogens is 2. The Labute approximate surface area is 79.0 Å². The van der Waals surface area contributed by atoms with Crippen LogP contribution in [-0.2, 0) is 6.54 Å². The number of imidazole rings is 1. The standard InChI is InChI=1S/C11H14N2/c1-2-4-11(5-3-6-11)9-13-8-7-12-10-13/h1,7-8,10H,3-6,9H2. The van der Waals surface area contributed by atoms with Crippen molar-refractivity contribution in [3.63, 3.8) is 0 Å². The van der Waals surface area contributed by atoms with Crippen molar-refractivity contribution in [3.05, 3.63) is 18.7 Å². The third kappa shape index (κ3) is 1.60. The largest absolute Gasteiger partial charge is 0.337 e. The first-order valence-electron chi connectivity index (χ1n) is 4.74. The summed E-state index contributed by atoms with van der Waals surface area (Å²) < 4.78 is 2.14. The molecule has 0 saturated heterocycles. The highest BCUT2D eigenvalue weighted by Crippen LogP contribution is 2.44. The highest BCUT2D eigenvalue weighted by molar-refractivity contribution is 4.99. The van der Waals surface area contributed by atoms with Gasteiger partial charge in [0.1, 0.15) is 0 Å². The molecule has 0 N–H and O–H groups in total. The quantitative estimate of drug-likeness (QED) is 0.641. The van der Waals surface area contributed by atoms with Crippen LogP contribution in [0.4, 0.5) is 0 Å². The Kier molecular flexibility index (Phi) is 2.10. The van der Waals surface area contributed by atoms with E-state index >= 15 is 0 Å². The molecule has 1 heterocycles. The van der Waals surface area contributed by atoms with E-state index in [0.717, 1.165) is 13.0 Å². The Morgan fingerprint density at radius 1 is 1.54 bits per heavy atom. The van der Waals surface area contributed by atoms with E-state index in [9.17, 15) is 0 Å². The van der Waals surface area contributed by atoms with Gasteiger partial charge in [-0.05, 0) is 18.3 Å². The minimum absolute atomic E-state index is 0.384. The topological polar surface area (TPSA) is 17.8 Å².